The predicted molar refractivity (Wildman–Crippen MR) is 117 cm³/mol. The first kappa shape index (κ1) is 29.6. The van der Waals surface area contributed by atoms with Gasteiger partial charge in [0.15, 0.2) is 0 Å². The molecule has 0 rings (SSSR count). The fourth-order valence-electron chi connectivity index (χ4n) is 2.28. The van der Waals surface area contributed by atoms with Crippen LogP contribution in [0.4, 0.5) is 4.79 Å². The van der Waals surface area contributed by atoms with Gasteiger partial charge in [-0.1, -0.05) is 26.2 Å². The van der Waals surface area contributed by atoms with Gasteiger partial charge < -0.3 is 33.7 Å². The molecule has 0 saturated carbocycles. The van der Waals surface area contributed by atoms with E-state index in [4.69, 9.17) is 28.4 Å². The molecule has 0 aromatic heterocycles. The SMILES string of the molecule is CCCCCCC(=O)OCCOCCOCCOCCOCCNC(=O)OC(C)(C)C. The molecule has 9 nitrogen and oxygen atoms in total. The number of amides is 1. The molecule has 0 bridgehead atoms. The van der Waals surface area contributed by atoms with E-state index in [1.807, 2.05) is 20.8 Å². The standard InChI is InChI=1S/C22H43NO8/c1-5-6-7-8-9-20(24)30-19-18-29-17-16-28-15-14-27-13-12-26-11-10-23-21(25)31-22(2,3)4/h5-19H2,1-4H3,(H,23,25). The Morgan fingerprint density at radius 2 is 1.23 bits per heavy atom. The number of rotatable bonds is 20. The van der Waals surface area contributed by atoms with Crippen molar-refractivity contribution in [1.82, 2.24) is 5.32 Å². The van der Waals surface area contributed by atoms with Crippen LogP contribution in [0.5, 0.6) is 0 Å². The van der Waals surface area contributed by atoms with Crippen LogP contribution in [-0.2, 0) is 33.2 Å². The van der Waals surface area contributed by atoms with Crippen LogP contribution in [0.1, 0.15) is 59.8 Å². The number of carbonyl (C=O) groups excluding carboxylic acids is 2. The summed E-state index contributed by atoms with van der Waals surface area (Å²) in [6, 6.07) is 0. The van der Waals surface area contributed by atoms with E-state index in [-0.39, 0.29) is 12.6 Å². The van der Waals surface area contributed by atoms with E-state index in [1.54, 1.807) is 0 Å². The van der Waals surface area contributed by atoms with Gasteiger partial charge in [-0.3, -0.25) is 4.79 Å². The van der Waals surface area contributed by atoms with Crippen molar-refractivity contribution >= 4 is 12.1 Å². The molecule has 0 unspecified atom stereocenters. The average molecular weight is 450 g/mol. The summed E-state index contributed by atoms with van der Waals surface area (Å²) < 4.78 is 31.7. The lowest BCUT2D eigenvalue weighted by Crippen LogP contribution is -2.34. The van der Waals surface area contributed by atoms with Crippen molar-refractivity contribution in [3.8, 4) is 0 Å². The highest BCUT2D eigenvalue weighted by atomic mass is 16.6. The van der Waals surface area contributed by atoms with Gasteiger partial charge >= 0.3 is 12.1 Å². The van der Waals surface area contributed by atoms with Crippen LogP contribution in [-0.4, -0.2) is 83.7 Å². The molecule has 0 fully saturated rings. The Morgan fingerprint density at radius 3 is 1.74 bits per heavy atom. The maximum Gasteiger partial charge on any atom is 0.407 e. The Morgan fingerprint density at radius 1 is 0.710 bits per heavy atom. The Kier molecular flexibility index (Phi) is 19.5. The quantitative estimate of drug-likeness (QED) is 0.223. The van der Waals surface area contributed by atoms with E-state index < -0.39 is 11.7 Å². The van der Waals surface area contributed by atoms with Crippen molar-refractivity contribution in [2.45, 2.75) is 65.4 Å². The molecular formula is C22H43NO8. The van der Waals surface area contributed by atoms with Crippen molar-refractivity contribution in [1.29, 1.82) is 0 Å². The number of ether oxygens (including phenoxy) is 6. The minimum absolute atomic E-state index is 0.156. The molecule has 0 aliphatic heterocycles. The van der Waals surface area contributed by atoms with Gasteiger partial charge in [0.25, 0.3) is 0 Å². The lowest BCUT2D eigenvalue weighted by Gasteiger charge is -2.19. The maximum absolute atomic E-state index is 11.5. The van der Waals surface area contributed by atoms with Crippen LogP contribution in [0.3, 0.4) is 0 Å². The van der Waals surface area contributed by atoms with Crippen LogP contribution in [0.2, 0.25) is 0 Å². The molecule has 1 amide bonds. The van der Waals surface area contributed by atoms with Crippen molar-refractivity contribution in [2.75, 3.05) is 66.0 Å². The summed E-state index contributed by atoms with van der Waals surface area (Å²) >= 11 is 0. The first-order chi connectivity index (χ1) is 14.8. The summed E-state index contributed by atoms with van der Waals surface area (Å²) in [7, 11) is 0. The first-order valence-electron chi connectivity index (χ1n) is 11.3. The molecule has 0 aromatic carbocycles. The normalized spacial score (nSPS) is 11.4. The molecular weight excluding hydrogens is 406 g/mol. The third kappa shape index (κ3) is 24.7. The maximum atomic E-state index is 11.5. The smallest absolute Gasteiger partial charge is 0.407 e. The van der Waals surface area contributed by atoms with Gasteiger partial charge in [0.05, 0.1) is 52.9 Å². The molecule has 0 aliphatic rings. The number of alkyl carbamates (subject to hydrolysis) is 1. The van der Waals surface area contributed by atoms with E-state index in [9.17, 15) is 9.59 Å². The van der Waals surface area contributed by atoms with E-state index in [2.05, 4.69) is 12.2 Å². The van der Waals surface area contributed by atoms with Gasteiger partial charge in [0.2, 0.25) is 0 Å². The summed E-state index contributed by atoms with van der Waals surface area (Å²) in [4.78, 5) is 22.9. The molecule has 1 N–H and O–H groups in total. The van der Waals surface area contributed by atoms with E-state index >= 15 is 0 Å². The fourth-order valence-corrected chi connectivity index (χ4v) is 2.28. The second-order valence-electron chi connectivity index (χ2n) is 7.91. The zero-order chi connectivity index (χ0) is 23.2. The summed E-state index contributed by atoms with van der Waals surface area (Å²) in [5.41, 5.74) is -0.505. The lowest BCUT2D eigenvalue weighted by atomic mass is 10.2. The van der Waals surface area contributed by atoms with Gasteiger partial charge in [-0.25, -0.2) is 4.79 Å². The van der Waals surface area contributed by atoms with E-state index in [0.717, 1.165) is 25.7 Å². The fraction of sp³-hybridized carbons (Fsp3) is 0.909. The van der Waals surface area contributed by atoms with Gasteiger partial charge in [-0.2, -0.15) is 0 Å². The van der Waals surface area contributed by atoms with Crippen LogP contribution in [0, 0.1) is 0 Å². The van der Waals surface area contributed by atoms with Gasteiger partial charge in [-0.15, -0.1) is 0 Å². The van der Waals surface area contributed by atoms with Crippen LogP contribution in [0.15, 0.2) is 0 Å². The van der Waals surface area contributed by atoms with Crippen LogP contribution >= 0.6 is 0 Å². The third-order valence-corrected chi connectivity index (χ3v) is 3.76. The Labute approximate surface area is 187 Å². The van der Waals surface area contributed by atoms with E-state index in [0.29, 0.717) is 65.8 Å². The van der Waals surface area contributed by atoms with Crippen molar-refractivity contribution in [2.24, 2.45) is 0 Å². The molecule has 31 heavy (non-hydrogen) atoms. The first-order valence-corrected chi connectivity index (χ1v) is 11.3. The van der Waals surface area contributed by atoms with Crippen LogP contribution in [0.25, 0.3) is 0 Å². The average Bonchev–Trinajstić information content (AvgIpc) is 2.69. The monoisotopic (exact) mass is 449 g/mol. The molecule has 0 saturated heterocycles. The lowest BCUT2D eigenvalue weighted by molar-refractivity contribution is -0.145. The summed E-state index contributed by atoms with van der Waals surface area (Å²) in [5, 5.41) is 2.62. The van der Waals surface area contributed by atoms with Crippen molar-refractivity contribution in [3.63, 3.8) is 0 Å². The molecule has 9 heteroatoms. The number of carbonyl (C=O) groups is 2. The summed E-state index contributed by atoms with van der Waals surface area (Å²) in [6.45, 7) is 11.7. The molecule has 184 valence electrons. The highest BCUT2D eigenvalue weighted by Crippen LogP contribution is 2.06. The van der Waals surface area contributed by atoms with Crippen molar-refractivity contribution in [3.05, 3.63) is 0 Å². The molecule has 0 radical (unpaired) electrons. The second-order valence-corrected chi connectivity index (χ2v) is 7.91. The number of nitrogens with one attached hydrogen (secondary N) is 1. The molecule has 0 heterocycles. The number of hydrogen-bond acceptors (Lipinski definition) is 8. The van der Waals surface area contributed by atoms with E-state index in [1.165, 1.54) is 0 Å². The zero-order valence-electron chi connectivity index (χ0n) is 19.9. The highest BCUT2D eigenvalue weighted by Gasteiger charge is 2.15. The second kappa shape index (κ2) is 20.5. The van der Waals surface area contributed by atoms with Crippen LogP contribution < -0.4 is 5.32 Å². The molecule has 0 atom stereocenters. The minimum atomic E-state index is -0.505. The number of esters is 1. The largest absolute Gasteiger partial charge is 0.463 e. The topological polar surface area (TPSA) is 102 Å². The summed E-state index contributed by atoms with van der Waals surface area (Å²) in [5.74, 6) is -0.156. The third-order valence-electron chi connectivity index (χ3n) is 3.76. The Hall–Kier alpha value is -1.42. The zero-order valence-corrected chi connectivity index (χ0v) is 19.9. The number of hydrogen-bond donors (Lipinski definition) is 1. The summed E-state index contributed by atoms with van der Waals surface area (Å²) in [6.07, 6.45) is 4.31. The molecule has 0 aliphatic carbocycles. The van der Waals surface area contributed by atoms with Crippen molar-refractivity contribution < 1.29 is 38.0 Å². The predicted octanol–water partition coefficient (Wildman–Crippen LogP) is 3.09. The highest BCUT2D eigenvalue weighted by molar-refractivity contribution is 5.69. The van der Waals surface area contributed by atoms with Gasteiger partial charge in [0.1, 0.15) is 12.2 Å². The molecule has 0 aromatic rings. The Bertz CT molecular complexity index is 440. The van der Waals surface area contributed by atoms with Gasteiger partial charge in [-0.05, 0) is 27.2 Å². The number of unbranched alkanes of at least 4 members (excludes halogenated alkanes) is 3. The van der Waals surface area contributed by atoms with Gasteiger partial charge in [0, 0.05) is 13.0 Å². The molecule has 0 spiro atoms. The Balaban J connectivity index is 3.20. The minimum Gasteiger partial charge on any atom is -0.463 e.